The summed E-state index contributed by atoms with van der Waals surface area (Å²) in [7, 11) is 0. The number of thioether (sulfide) groups is 1. The van der Waals surface area contributed by atoms with Crippen LogP contribution in [-0.2, 0) is 9.59 Å². The van der Waals surface area contributed by atoms with E-state index in [9.17, 15) is 14.7 Å². The Morgan fingerprint density at radius 1 is 1.16 bits per heavy atom. The first-order chi connectivity index (χ1) is 12.1. The molecular formula is C18H21NO5S. The lowest BCUT2D eigenvalue weighted by Crippen LogP contribution is -2.57. The van der Waals surface area contributed by atoms with Gasteiger partial charge in [0.25, 0.3) is 0 Å². The van der Waals surface area contributed by atoms with Crippen molar-refractivity contribution in [2.24, 2.45) is 5.92 Å². The summed E-state index contributed by atoms with van der Waals surface area (Å²) in [5, 5.41) is 12.4. The molecular weight excluding hydrogens is 342 g/mol. The van der Waals surface area contributed by atoms with E-state index in [0.29, 0.717) is 26.1 Å². The summed E-state index contributed by atoms with van der Waals surface area (Å²) in [4.78, 5) is 24.3. The van der Waals surface area contributed by atoms with Crippen LogP contribution in [0.25, 0.3) is 0 Å². The van der Waals surface area contributed by atoms with Gasteiger partial charge in [-0.3, -0.25) is 4.79 Å². The maximum atomic E-state index is 12.6. The lowest BCUT2D eigenvalue weighted by molar-refractivity contribution is -0.148. The van der Waals surface area contributed by atoms with E-state index in [2.05, 4.69) is 5.32 Å². The molecule has 2 atom stereocenters. The van der Waals surface area contributed by atoms with Crippen molar-refractivity contribution in [3.63, 3.8) is 0 Å². The number of carboxylic acid groups (broad SMARTS) is 1. The van der Waals surface area contributed by atoms with Gasteiger partial charge < -0.3 is 19.9 Å². The molecule has 1 saturated carbocycles. The number of carboxylic acids is 1. The zero-order chi connectivity index (χ0) is 17.4. The molecule has 0 radical (unpaired) electrons. The van der Waals surface area contributed by atoms with Crippen LogP contribution in [0.3, 0.4) is 0 Å². The predicted molar refractivity (Wildman–Crippen MR) is 93.3 cm³/mol. The molecule has 2 heterocycles. The number of fused-ring (bicyclic) bond motifs is 1. The summed E-state index contributed by atoms with van der Waals surface area (Å²) in [6.07, 6.45) is 1.72. The Kier molecular flexibility index (Phi) is 4.27. The molecule has 0 aromatic heterocycles. The van der Waals surface area contributed by atoms with Crippen molar-refractivity contribution in [2.45, 2.75) is 30.7 Å². The normalized spacial score (nSPS) is 26.6. The fraction of sp³-hybridized carbons (Fsp3) is 0.556. The molecule has 2 fully saturated rings. The number of amides is 1. The van der Waals surface area contributed by atoms with Gasteiger partial charge >= 0.3 is 5.97 Å². The summed E-state index contributed by atoms with van der Waals surface area (Å²) in [6.45, 7) is 1.08. The van der Waals surface area contributed by atoms with E-state index in [1.807, 2.05) is 18.2 Å². The second-order valence-electron chi connectivity index (χ2n) is 6.84. The third kappa shape index (κ3) is 3.17. The maximum Gasteiger partial charge on any atom is 0.329 e. The molecule has 1 amide bonds. The van der Waals surface area contributed by atoms with Crippen molar-refractivity contribution >= 4 is 23.6 Å². The van der Waals surface area contributed by atoms with Crippen molar-refractivity contribution in [2.75, 3.05) is 24.7 Å². The van der Waals surface area contributed by atoms with Crippen molar-refractivity contribution < 1.29 is 24.2 Å². The number of nitrogens with one attached hydrogen (secondary N) is 1. The van der Waals surface area contributed by atoms with Crippen LogP contribution in [-0.4, -0.2) is 47.2 Å². The first kappa shape index (κ1) is 16.6. The summed E-state index contributed by atoms with van der Waals surface area (Å²) in [5.41, 5.74) is -0.0459. The van der Waals surface area contributed by atoms with Gasteiger partial charge in [0.15, 0.2) is 11.5 Å². The molecule has 1 saturated heterocycles. The summed E-state index contributed by atoms with van der Waals surface area (Å²) < 4.78 is 11.1. The molecule has 3 aliphatic rings. The van der Waals surface area contributed by atoms with Crippen molar-refractivity contribution in [3.05, 3.63) is 23.8 Å². The van der Waals surface area contributed by atoms with Crippen molar-refractivity contribution in [1.82, 2.24) is 5.32 Å². The van der Waals surface area contributed by atoms with Crippen LogP contribution in [0, 0.1) is 5.92 Å². The zero-order valence-electron chi connectivity index (χ0n) is 13.8. The fourth-order valence-electron chi connectivity index (χ4n) is 3.58. The molecule has 2 unspecified atom stereocenters. The number of rotatable bonds is 4. The number of hydrogen-bond acceptors (Lipinski definition) is 5. The van der Waals surface area contributed by atoms with Crippen LogP contribution in [0.1, 0.15) is 30.7 Å². The van der Waals surface area contributed by atoms with Gasteiger partial charge in [-0.25, -0.2) is 4.79 Å². The molecule has 6 nitrogen and oxygen atoms in total. The van der Waals surface area contributed by atoms with Gasteiger partial charge in [0.05, 0.1) is 0 Å². The van der Waals surface area contributed by atoms with E-state index < -0.39 is 11.5 Å². The Balaban J connectivity index is 1.44. The number of ether oxygens (including phenoxy) is 2. The largest absolute Gasteiger partial charge is 0.486 e. The molecule has 1 aromatic rings. The number of carbonyl (C=O) groups excluding carboxylic acids is 1. The first-order valence-electron chi connectivity index (χ1n) is 8.62. The summed E-state index contributed by atoms with van der Waals surface area (Å²) >= 11 is 1.74. The van der Waals surface area contributed by atoms with Gasteiger partial charge in [0, 0.05) is 5.92 Å². The molecule has 1 aromatic carbocycles. The smallest absolute Gasteiger partial charge is 0.329 e. The Hall–Kier alpha value is -1.89. The van der Waals surface area contributed by atoms with E-state index >= 15 is 0 Å². The topological polar surface area (TPSA) is 84.9 Å². The Labute approximate surface area is 150 Å². The maximum absolute atomic E-state index is 12.6. The third-order valence-electron chi connectivity index (χ3n) is 5.24. The van der Waals surface area contributed by atoms with E-state index in [1.165, 1.54) is 0 Å². The minimum atomic E-state index is -1.09. The number of aliphatic carboxylic acids is 1. The second kappa shape index (κ2) is 6.44. The Morgan fingerprint density at radius 3 is 2.60 bits per heavy atom. The van der Waals surface area contributed by atoms with Gasteiger partial charge in [-0.1, -0.05) is 6.07 Å². The van der Waals surface area contributed by atoms with Crippen LogP contribution in [0.15, 0.2) is 18.2 Å². The van der Waals surface area contributed by atoms with Gasteiger partial charge in [0.1, 0.15) is 18.8 Å². The van der Waals surface area contributed by atoms with Crippen LogP contribution in [0.2, 0.25) is 0 Å². The lowest BCUT2D eigenvalue weighted by atomic mass is 9.92. The number of benzene rings is 1. The average Bonchev–Trinajstić information content (AvgIpc) is 3.43. The second-order valence-corrected chi connectivity index (χ2v) is 8.07. The van der Waals surface area contributed by atoms with Gasteiger partial charge in [-0.2, -0.15) is 11.8 Å². The van der Waals surface area contributed by atoms with Crippen LogP contribution in [0.4, 0.5) is 0 Å². The summed E-state index contributed by atoms with van der Waals surface area (Å²) in [5.74, 6) is 1.90. The molecule has 134 valence electrons. The third-order valence-corrected chi connectivity index (χ3v) is 6.23. The molecule has 0 spiro atoms. The quantitative estimate of drug-likeness (QED) is 0.851. The monoisotopic (exact) mass is 363 g/mol. The molecule has 7 heteroatoms. The first-order valence-corrected chi connectivity index (χ1v) is 9.77. The number of carbonyl (C=O) groups is 2. The van der Waals surface area contributed by atoms with E-state index in [0.717, 1.165) is 35.0 Å². The SMILES string of the molecule is O=C(NC1(C(=O)O)CCSCC1)C1CC1c1ccc2c(c1)OCCO2. The number of hydrogen-bond donors (Lipinski definition) is 2. The van der Waals surface area contributed by atoms with Crippen LogP contribution < -0.4 is 14.8 Å². The van der Waals surface area contributed by atoms with Crippen molar-refractivity contribution in [3.8, 4) is 11.5 Å². The lowest BCUT2D eigenvalue weighted by Gasteiger charge is -2.33. The van der Waals surface area contributed by atoms with Gasteiger partial charge in [0.2, 0.25) is 5.91 Å². The highest BCUT2D eigenvalue weighted by Crippen LogP contribution is 2.49. The standard InChI is InChI=1S/C18H21NO5S/c20-16(19-18(17(21)22)3-7-25-8-4-18)13-10-12(13)11-1-2-14-15(9-11)24-6-5-23-14/h1-2,9,12-13H,3-8,10H2,(H,19,20)(H,21,22). The molecule has 2 aliphatic heterocycles. The zero-order valence-corrected chi connectivity index (χ0v) is 14.6. The highest BCUT2D eigenvalue weighted by Gasteiger charge is 2.49. The van der Waals surface area contributed by atoms with Crippen LogP contribution in [0.5, 0.6) is 11.5 Å². The van der Waals surface area contributed by atoms with E-state index in [-0.39, 0.29) is 17.7 Å². The van der Waals surface area contributed by atoms with Crippen molar-refractivity contribution in [1.29, 1.82) is 0 Å². The van der Waals surface area contributed by atoms with Gasteiger partial charge in [-0.05, 0) is 54.4 Å². The minimum absolute atomic E-state index is 0.125. The molecule has 2 N–H and O–H groups in total. The molecule has 25 heavy (non-hydrogen) atoms. The highest BCUT2D eigenvalue weighted by molar-refractivity contribution is 7.99. The molecule has 0 bridgehead atoms. The molecule has 1 aliphatic carbocycles. The van der Waals surface area contributed by atoms with E-state index in [4.69, 9.17) is 9.47 Å². The minimum Gasteiger partial charge on any atom is -0.486 e. The summed E-state index contributed by atoms with van der Waals surface area (Å²) in [6, 6.07) is 5.79. The van der Waals surface area contributed by atoms with E-state index in [1.54, 1.807) is 11.8 Å². The average molecular weight is 363 g/mol. The Morgan fingerprint density at radius 2 is 1.88 bits per heavy atom. The molecule has 4 rings (SSSR count). The highest BCUT2D eigenvalue weighted by atomic mass is 32.2. The Bertz CT molecular complexity index is 701. The predicted octanol–water partition coefficient (Wildman–Crippen LogP) is 2.03. The fourth-order valence-corrected chi connectivity index (χ4v) is 4.77. The van der Waals surface area contributed by atoms with Gasteiger partial charge in [-0.15, -0.1) is 0 Å². The van der Waals surface area contributed by atoms with Crippen LogP contribution >= 0.6 is 11.8 Å².